The number of pyridine rings is 1. The zero-order valence-corrected chi connectivity index (χ0v) is 20.7. The summed E-state index contributed by atoms with van der Waals surface area (Å²) in [5.74, 6) is -0.533. The van der Waals surface area contributed by atoms with E-state index in [0.717, 1.165) is 18.8 Å². The van der Waals surface area contributed by atoms with E-state index in [1.54, 1.807) is 30.3 Å². The van der Waals surface area contributed by atoms with Gasteiger partial charge in [-0.3, -0.25) is 4.72 Å². The number of carboxylic acids is 1. The topological polar surface area (TPSA) is 103 Å². The first kappa shape index (κ1) is 23.9. The number of para-hydroxylation sites is 1. The Morgan fingerprint density at radius 1 is 0.889 bits per heavy atom. The second-order valence-electron chi connectivity index (χ2n) is 8.41. The zero-order valence-electron chi connectivity index (χ0n) is 19.1. The van der Waals surface area contributed by atoms with Crippen molar-refractivity contribution in [3.8, 4) is 0 Å². The van der Waals surface area contributed by atoms with Gasteiger partial charge in [0.1, 0.15) is 10.7 Å². The molecule has 1 aromatic heterocycles. The Hall–Kier alpha value is -3.82. The second-order valence-corrected chi connectivity index (χ2v) is 10.5. The SMILES string of the molecule is O=C(O)c1cc(N2CCN(c3ccccc3)CC2)nc2ccc(NS(=O)(=O)c3ccccc3Cl)cc12. The lowest BCUT2D eigenvalue weighted by Crippen LogP contribution is -2.46. The Balaban J connectivity index is 1.42. The van der Waals surface area contributed by atoms with Gasteiger partial charge in [-0.15, -0.1) is 0 Å². The van der Waals surface area contributed by atoms with Gasteiger partial charge < -0.3 is 14.9 Å². The van der Waals surface area contributed by atoms with E-state index in [0.29, 0.717) is 29.8 Å². The van der Waals surface area contributed by atoms with Crippen molar-refractivity contribution in [3.63, 3.8) is 0 Å². The molecule has 1 saturated heterocycles. The molecule has 36 heavy (non-hydrogen) atoms. The third kappa shape index (κ3) is 4.80. The minimum absolute atomic E-state index is 0.0549. The normalized spacial score (nSPS) is 14.1. The highest BCUT2D eigenvalue weighted by molar-refractivity contribution is 7.92. The fourth-order valence-corrected chi connectivity index (χ4v) is 5.89. The predicted molar refractivity (Wildman–Crippen MR) is 142 cm³/mol. The number of aromatic carboxylic acids is 1. The molecule has 0 bridgehead atoms. The third-order valence-electron chi connectivity index (χ3n) is 6.13. The number of halogens is 1. The quantitative estimate of drug-likeness (QED) is 0.378. The minimum Gasteiger partial charge on any atom is -0.478 e. The van der Waals surface area contributed by atoms with Crippen LogP contribution in [-0.4, -0.2) is 50.7 Å². The maximum absolute atomic E-state index is 12.8. The van der Waals surface area contributed by atoms with Gasteiger partial charge in [0.25, 0.3) is 10.0 Å². The maximum atomic E-state index is 12.8. The van der Waals surface area contributed by atoms with Gasteiger partial charge in [-0.2, -0.15) is 0 Å². The fourth-order valence-electron chi connectivity index (χ4n) is 4.32. The highest BCUT2D eigenvalue weighted by Gasteiger charge is 2.22. The predicted octanol–water partition coefficient (Wildman–Crippen LogP) is 4.71. The van der Waals surface area contributed by atoms with Crippen molar-refractivity contribution >= 4 is 55.7 Å². The summed E-state index contributed by atoms with van der Waals surface area (Å²) < 4.78 is 28.1. The Kier molecular flexibility index (Phi) is 6.42. The third-order valence-corrected chi connectivity index (χ3v) is 8.01. The van der Waals surface area contributed by atoms with Gasteiger partial charge in [-0.1, -0.05) is 41.9 Å². The molecule has 184 valence electrons. The van der Waals surface area contributed by atoms with Crippen molar-refractivity contribution in [2.75, 3.05) is 40.7 Å². The molecule has 1 aliphatic rings. The molecule has 5 rings (SSSR count). The van der Waals surface area contributed by atoms with Gasteiger partial charge in [0.2, 0.25) is 0 Å². The summed E-state index contributed by atoms with van der Waals surface area (Å²) in [6.07, 6.45) is 0. The van der Waals surface area contributed by atoms with E-state index >= 15 is 0 Å². The number of nitrogens with one attached hydrogen (secondary N) is 1. The molecule has 0 unspecified atom stereocenters. The minimum atomic E-state index is -3.96. The fraction of sp³-hybridized carbons (Fsp3) is 0.154. The van der Waals surface area contributed by atoms with Gasteiger partial charge in [0.15, 0.2) is 0 Å². The molecule has 0 amide bonds. The van der Waals surface area contributed by atoms with Crippen LogP contribution in [0.25, 0.3) is 10.9 Å². The summed E-state index contributed by atoms with van der Waals surface area (Å²) in [7, 11) is -3.96. The van der Waals surface area contributed by atoms with Crippen LogP contribution in [0.3, 0.4) is 0 Å². The molecule has 1 fully saturated rings. The molecule has 2 heterocycles. The van der Waals surface area contributed by atoms with Gasteiger partial charge in [-0.05, 0) is 48.5 Å². The molecule has 0 radical (unpaired) electrons. The first-order valence-corrected chi connectivity index (χ1v) is 13.2. The van der Waals surface area contributed by atoms with E-state index in [2.05, 4.69) is 26.7 Å². The Morgan fingerprint density at radius 3 is 2.25 bits per heavy atom. The smallest absolute Gasteiger partial charge is 0.336 e. The second kappa shape index (κ2) is 9.67. The van der Waals surface area contributed by atoms with E-state index < -0.39 is 16.0 Å². The average molecular weight is 523 g/mol. The van der Waals surface area contributed by atoms with Crippen molar-refractivity contribution in [3.05, 3.63) is 89.4 Å². The summed E-state index contributed by atoms with van der Waals surface area (Å²) >= 11 is 6.06. The van der Waals surface area contributed by atoms with Crippen LogP contribution < -0.4 is 14.5 Å². The Morgan fingerprint density at radius 2 is 1.56 bits per heavy atom. The number of anilines is 3. The van der Waals surface area contributed by atoms with Crippen LogP contribution in [0.4, 0.5) is 17.2 Å². The number of rotatable bonds is 6. The molecule has 3 aromatic carbocycles. The monoisotopic (exact) mass is 522 g/mol. The number of hydrogen-bond acceptors (Lipinski definition) is 6. The number of piperazine rings is 1. The largest absolute Gasteiger partial charge is 0.478 e. The number of carbonyl (C=O) groups is 1. The lowest BCUT2D eigenvalue weighted by atomic mass is 10.1. The standard InChI is InChI=1S/C26H23ClN4O4S/c27-22-8-4-5-9-24(22)36(34,35)29-18-10-11-23-20(16-18)21(26(32)33)17-25(28-23)31-14-12-30(13-15-31)19-6-2-1-3-7-19/h1-11,16-17,29H,12-15H2,(H,32,33). The summed E-state index contributed by atoms with van der Waals surface area (Å²) in [5.41, 5.74) is 1.90. The van der Waals surface area contributed by atoms with E-state index in [-0.39, 0.29) is 21.2 Å². The summed E-state index contributed by atoms with van der Waals surface area (Å²) in [4.78, 5) is 21.1. The first-order chi connectivity index (χ1) is 17.3. The van der Waals surface area contributed by atoms with Gasteiger partial charge in [0, 0.05) is 42.9 Å². The van der Waals surface area contributed by atoms with Crippen molar-refractivity contribution in [1.29, 1.82) is 0 Å². The number of nitrogens with zero attached hydrogens (tertiary/aromatic N) is 3. The molecule has 1 aliphatic heterocycles. The van der Waals surface area contributed by atoms with Crippen LogP contribution in [0.2, 0.25) is 5.02 Å². The summed E-state index contributed by atoms with van der Waals surface area (Å²) in [6, 6.07) is 22.5. The highest BCUT2D eigenvalue weighted by atomic mass is 35.5. The van der Waals surface area contributed by atoms with Crippen LogP contribution in [0, 0.1) is 0 Å². The molecule has 0 aliphatic carbocycles. The molecular formula is C26H23ClN4O4S. The highest BCUT2D eigenvalue weighted by Crippen LogP contribution is 2.29. The van der Waals surface area contributed by atoms with Crippen LogP contribution >= 0.6 is 11.6 Å². The molecule has 4 aromatic rings. The van der Waals surface area contributed by atoms with E-state index in [4.69, 9.17) is 16.6 Å². The first-order valence-electron chi connectivity index (χ1n) is 11.3. The maximum Gasteiger partial charge on any atom is 0.336 e. The van der Waals surface area contributed by atoms with Crippen molar-refractivity contribution in [1.82, 2.24) is 4.98 Å². The molecule has 0 spiro atoms. The van der Waals surface area contributed by atoms with Gasteiger partial charge in [0.05, 0.1) is 16.1 Å². The van der Waals surface area contributed by atoms with Crippen molar-refractivity contribution < 1.29 is 18.3 Å². The number of carboxylic acid groups (broad SMARTS) is 1. The van der Waals surface area contributed by atoms with E-state index in [1.165, 1.54) is 18.2 Å². The zero-order chi connectivity index (χ0) is 25.3. The van der Waals surface area contributed by atoms with Gasteiger partial charge >= 0.3 is 5.97 Å². The summed E-state index contributed by atoms with van der Waals surface area (Å²) in [6.45, 7) is 2.97. The number of hydrogen-bond donors (Lipinski definition) is 2. The lowest BCUT2D eigenvalue weighted by Gasteiger charge is -2.37. The van der Waals surface area contributed by atoms with Crippen LogP contribution in [-0.2, 0) is 10.0 Å². The van der Waals surface area contributed by atoms with Gasteiger partial charge in [-0.25, -0.2) is 18.2 Å². The van der Waals surface area contributed by atoms with Crippen LogP contribution in [0.5, 0.6) is 0 Å². The van der Waals surface area contributed by atoms with Crippen molar-refractivity contribution in [2.24, 2.45) is 0 Å². The molecule has 8 nitrogen and oxygen atoms in total. The lowest BCUT2D eigenvalue weighted by molar-refractivity contribution is 0.0699. The summed E-state index contributed by atoms with van der Waals surface area (Å²) in [5, 5.41) is 10.4. The number of fused-ring (bicyclic) bond motifs is 1. The van der Waals surface area contributed by atoms with Crippen LogP contribution in [0.1, 0.15) is 10.4 Å². The molecule has 0 saturated carbocycles. The van der Waals surface area contributed by atoms with Crippen molar-refractivity contribution in [2.45, 2.75) is 4.90 Å². The van der Waals surface area contributed by atoms with E-state index in [9.17, 15) is 18.3 Å². The van der Waals surface area contributed by atoms with Crippen LogP contribution in [0.15, 0.2) is 83.8 Å². The Bertz CT molecular complexity index is 1540. The molecule has 10 heteroatoms. The average Bonchev–Trinajstić information content (AvgIpc) is 2.88. The molecule has 0 atom stereocenters. The number of benzene rings is 3. The molecule has 2 N–H and O–H groups in total. The molecular weight excluding hydrogens is 500 g/mol. The van der Waals surface area contributed by atoms with E-state index in [1.807, 2.05) is 18.2 Å². The number of sulfonamides is 1. The Labute approximate surface area is 213 Å². The number of aromatic nitrogens is 1.